The number of rotatable bonds is 3. The Morgan fingerprint density at radius 3 is 2.68 bits per heavy atom. The Morgan fingerprint density at radius 1 is 1.37 bits per heavy atom. The number of nitrogens with one attached hydrogen (secondary N) is 2. The van der Waals surface area contributed by atoms with Crippen LogP contribution in [0.1, 0.15) is 17.3 Å². The number of hydrazine groups is 1. The van der Waals surface area contributed by atoms with Gasteiger partial charge in [0.2, 0.25) is 0 Å². The van der Waals surface area contributed by atoms with Gasteiger partial charge in [-0.15, -0.1) is 0 Å². The highest BCUT2D eigenvalue weighted by Gasteiger charge is 2.27. The molecule has 2 N–H and O–H groups in total. The molecule has 6 heteroatoms. The molecule has 1 aromatic rings. The molecule has 102 valence electrons. The zero-order valence-corrected chi connectivity index (χ0v) is 10.6. The van der Waals surface area contributed by atoms with E-state index in [0.717, 1.165) is 0 Å². The van der Waals surface area contributed by atoms with Crippen LogP contribution in [0, 0.1) is 5.82 Å². The highest BCUT2D eigenvalue weighted by molar-refractivity contribution is 5.94. The second kappa shape index (κ2) is 5.90. The van der Waals surface area contributed by atoms with Crippen molar-refractivity contribution in [3.63, 3.8) is 0 Å². The molecule has 1 heterocycles. The number of ketones is 1. The van der Waals surface area contributed by atoms with Crippen LogP contribution in [0.3, 0.4) is 0 Å². The van der Waals surface area contributed by atoms with Gasteiger partial charge in [-0.1, -0.05) is 0 Å². The van der Waals surface area contributed by atoms with E-state index in [-0.39, 0.29) is 23.5 Å². The third-order valence-electron chi connectivity index (χ3n) is 3.06. The van der Waals surface area contributed by atoms with Crippen molar-refractivity contribution in [3.05, 3.63) is 35.6 Å². The first-order chi connectivity index (χ1) is 9.08. The van der Waals surface area contributed by atoms with Crippen molar-refractivity contribution in [1.82, 2.24) is 15.8 Å². The third kappa shape index (κ3) is 3.36. The van der Waals surface area contributed by atoms with Crippen LogP contribution in [0.4, 0.5) is 4.39 Å². The Bertz CT molecular complexity index is 475. The van der Waals surface area contributed by atoms with E-state index in [4.69, 9.17) is 0 Å². The van der Waals surface area contributed by atoms with Crippen molar-refractivity contribution >= 4 is 11.7 Å². The summed E-state index contributed by atoms with van der Waals surface area (Å²) in [6, 6.07) is 4.92. The smallest absolute Gasteiger partial charge is 0.265 e. The summed E-state index contributed by atoms with van der Waals surface area (Å²) in [4.78, 5) is 23.5. The van der Waals surface area contributed by atoms with Gasteiger partial charge in [0.1, 0.15) is 11.6 Å². The number of amides is 1. The number of carbonyl (C=O) groups is 2. The quantitative estimate of drug-likeness (QED) is 0.827. The van der Waals surface area contributed by atoms with Crippen LogP contribution in [0.25, 0.3) is 0 Å². The second-order valence-electron chi connectivity index (χ2n) is 4.47. The molecule has 0 aromatic heterocycles. The zero-order chi connectivity index (χ0) is 13.8. The van der Waals surface area contributed by atoms with Gasteiger partial charge < -0.3 is 5.32 Å². The lowest BCUT2D eigenvalue weighted by atomic mass is 10.1. The van der Waals surface area contributed by atoms with Gasteiger partial charge in [-0.25, -0.2) is 9.40 Å². The predicted molar refractivity (Wildman–Crippen MR) is 67.9 cm³/mol. The molecule has 1 atom stereocenters. The van der Waals surface area contributed by atoms with E-state index >= 15 is 0 Å². The maximum absolute atomic E-state index is 12.8. The van der Waals surface area contributed by atoms with Crippen LogP contribution >= 0.6 is 0 Å². The number of halogens is 1. The Labute approximate surface area is 110 Å². The number of nitrogens with zero attached hydrogens (tertiary/aromatic N) is 1. The number of benzene rings is 1. The molecule has 1 amide bonds. The molecule has 0 radical (unpaired) electrons. The Balaban J connectivity index is 2.04. The van der Waals surface area contributed by atoms with E-state index in [2.05, 4.69) is 10.7 Å². The minimum Gasteiger partial charge on any atom is -0.313 e. The van der Waals surface area contributed by atoms with E-state index in [1.54, 1.807) is 5.01 Å². The SMILES string of the molecule is CC(=O)C1CNCCN1NC(=O)c1ccc(F)cc1. The lowest BCUT2D eigenvalue weighted by Gasteiger charge is -2.34. The molecule has 2 rings (SSSR count). The maximum Gasteiger partial charge on any atom is 0.265 e. The molecule has 1 aliphatic rings. The summed E-state index contributed by atoms with van der Waals surface area (Å²) < 4.78 is 12.8. The van der Waals surface area contributed by atoms with Crippen molar-refractivity contribution in [2.45, 2.75) is 13.0 Å². The Hall–Kier alpha value is -1.79. The van der Waals surface area contributed by atoms with Gasteiger partial charge in [0.05, 0.1) is 6.04 Å². The third-order valence-corrected chi connectivity index (χ3v) is 3.06. The molecule has 0 saturated carbocycles. The number of carbonyl (C=O) groups excluding carboxylic acids is 2. The standard InChI is InChI=1S/C13H16FN3O2/c1-9(18)12-8-15-6-7-17(12)16-13(19)10-2-4-11(14)5-3-10/h2-5,12,15H,6-8H2,1H3,(H,16,19). The lowest BCUT2D eigenvalue weighted by molar-refractivity contribution is -0.123. The van der Waals surface area contributed by atoms with Crippen LogP contribution in [-0.2, 0) is 4.79 Å². The topological polar surface area (TPSA) is 61.4 Å². The number of Topliss-reactive ketones (excluding diaryl/α,β-unsaturated/α-hetero) is 1. The molecule has 1 aliphatic heterocycles. The first-order valence-electron chi connectivity index (χ1n) is 6.12. The molecule has 1 saturated heterocycles. The van der Waals surface area contributed by atoms with Crippen molar-refractivity contribution in [2.24, 2.45) is 0 Å². The first-order valence-corrected chi connectivity index (χ1v) is 6.12. The van der Waals surface area contributed by atoms with E-state index in [1.165, 1.54) is 31.2 Å². The van der Waals surface area contributed by atoms with E-state index in [1.807, 2.05) is 0 Å². The molecular formula is C13H16FN3O2. The van der Waals surface area contributed by atoms with Crippen LogP contribution < -0.4 is 10.7 Å². The summed E-state index contributed by atoms with van der Waals surface area (Å²) in [6.45, 7) is 3.26. The average molecular weight is 265 g/mol. The predicted octanol–water partition coefficient (Wildman–Crippen LogP) is 0.333. The molecule has 0 aliphatic carbocycles. The van der Waals surface area contributed by atoms with Gasteiger partial charge >= 0.3 is 0 Å². The maximum atomic E-state index is 12.8. The molecule has 5 nitrogen and oxygen atoms in total. The lowest BCUT2D eigenvalue weighted by Crippen LogP contribution is -2.60. The van der Waals surface area contributed by atoms with Gasteiger partial charge in [-0.3, -0.25) is 15.0 Å². The van der Waals surface area contributed by atoms with E-state index in [9.17, 15) is 14.0 Å². The molecule has 1 fully saturated rings. The summed E-state index contributed by atoms with van der Waals surface area (Å²) in [5.74, 6) is -0.736. The van der Waals surface area contributed by atoms with Crippen molar-refractivity contribution in [2.75, 3.05) is 19.6 Å². The van der Waals surface area contributed by atoms with Gasteiger partial charge in [-0.2, -0.15) is 0 Å². The van der Waals surface area contributed by atoms with Crippen molar-refractivity contribution in [1.29, 1.82) is 0 Å². The molecule has 0 spiro atoms. The van der Waals surface area contributed by atoms with Crippen LogP contribution in [0.2, 0.25) is 0 Å². The average Bonchev–Trinajstić information content (AvgIpc) is 2.39. The zero-order valence-electron chi connectivity index (χ0n) is 10.6. The summed E-state index contributed by atoms with van der Waals surface area (Å²) in [5.41, 5.74) is 3.06. The van der Waals surface area contributed by atoms with Crippen LogP contribution in [-0.4, -0.2) is 42.4 Å². The monoisotopic (exact) mass is 265 g/mol. The van der Waals surface area contributed by atoms with Crippen molar-refractivity contribution in [3.8, 4) is 0 Å². The fourth-order valence-electron chi connectivity index (χ4n) is 2.00. The van der Waals surface area contributed by atoms with Gasteiger partial charge in [0, 0.05) is 25.2 Å². The second-order valence-corrected chi connectivity index (χ2v) is 4.47. The van der Waals surface area contributed by atoms with E-state index in [0.29, 0.717) is 25.2 Å². The van der Waals surface area contributed by atoms with Gasteiger partial charge in [0.15, 0.2) is 0 Å². The fourth-order valence-corrected chi connectivity index (χ4v) is 2.00. The Morgan fingerprint density at radius 2 is 2.05 bits per heavy atom. The summed E-state index contributed by atoms with van der Waals surface area (Å²) in [5, 5.41) is 4.73. The van der Waals surface area contributed by atoms with Gasteiger partial charge in [-0.05, 0) is 31.2 Å². The first kappa shape index (κ1) is 13.6. The number of piperazine rings is 1. The van der Waals surface area contributed by atoms with Crippen molar-refractivity contribution < 1.29 is 14.0 Å². The minimum absolute atomic E-state index is 0.00777. The summed E-state index contributed by atoms with van der Waals surface area (Å²) in [6.07, 6.45) is 0. The largest absolute Gasteiger partial charge is 0.313 e. The molecule has 1 aromatic carbocycles. The molecular weight excluding hydrogens is 249 g/mol. The van der Waals surface area contributed by atoms with Crippen LogP contribution in [0.15, 0.2) is 24.3 Å². The number of hydrogen-bond donors (Lipinski definition) is 2. The van der Waals surface area contributed by atoms with E-state index < -0.39 is 0 Å². The number of hydrogen-bond acceptors (Lipinski definition) is 4. The van der Waals surface area contributed by atoms with Crippen LogP contribution in [0.5, 0.6) is 0 Å². The highest BCUT2D eigenvalue weighted by atomic mass is 19.1. The minimum atomic E-state index is -0.389. The molecule has 19 heavy (non-hydrogen) atoms. The normalized spacial score (nSPS) is 20.0. The molecule has 1 unspecified atom stereocenters. The Kier molecular flexibility index (Phi) is 4.24. The summed E-state index contributed by atoms with van der Waals surface area (Å²) >= 11 is 0. The summed E-state index contributed by atoms with van der Waals surface area (Å²) in [7, 11) is 0. The van der Waals surface area contributed by atoms with Gasteiger partial charge in [0.25, 0.3) is 5.91 Å². The molecule has 0 bridgehead atoms. The highest BCUT2D eigenvalue weighted by Crippen LogP contribution is 2.05. The fraction of sp³-hybridized carbons (Fsp3) is 0.385.